The van der Waals surface area contributed by atoms with E-state index in [1.165, 1.54) is 30.4 Å². The minimum atomic E-state index is -4.79. The van der Waals surface area contributed by atoms with Gasteiger partial charge in [0.2, 0.25) is 0 Å². The largest absolute Gasteiger partial charge is 0.573 e. The second-order valence-electron chi connectivity index (χ2n) is 6.12. The number of ether oxygens (including phenoxy) is 1. The van der Waals surface area contributed by atoms with Crippen molar-refractivity contribution in [3.8, 4) is 0 Å². The number of halogens is 3. The molecule has 0 spiro atoms. The van der Waals surface area contributed by atoms with Crippen LogP contribution in [0.15, 0.2) is 54.0 Å². The maximum Gasteiger partial charge on any atom is 0.573 e. The molecule has 0 amide bonds. The topological polar surface area (TPSA) is 64.3 Å². The molecule has 1 aromatic carbocycles. The third kappa shape index (κ3) is 3.96. The average Bonchev–Trinajstić information content (AvgIpc) is 2.81. The van der Waals surface area contributed by atoms with Gasteiger partial charge in [0, 0.05) is 5.92 Å². The average molecular weight is 376 g/mol. The summed E-state index contributed by atoms with van der Waals surface area (Å²) in [4.78, 5) is 15.7. The molecule has 0 unspecified atom stereocenters. The van der Waals surface area contributed by atoms with E-state index in [2.05, 4.69) is 15.5 Å². The molecule has 0 saturated carbocycles. The van der Waals surface area contributed by atoms with Gasteiger partial charge in [-0.1, -0.05) is 19.6 Å². The molecule has 1 aliphatic carbocycles. The maximum absolute atomic E-state index is 12.4. The number of fused-ring (bicyclic) bond motifs is 1. The Morgan fingerprint density at radius 3 is 2.67 bits per heavy atom. The van der Waals surface area contributed by atoms with Crippen LogP contribution in [0.3, 0.4) is 0 Å². The van der Waals surface area contributed by atoms with Gasteiger partial charge in [-0.25, -0.2) is 9.78 Å². The predicted molar refractivity (Wildman–Crippen MR) is 92.9 cm³/mol. The Hall–Kier alpha value is -3.25. The second kappa shape index (κ2) is 6.81. The zero-order valence-electron chi connectivity index (χ0n) is 14.4. The van der Waals surface area contributed by atoms with Crippen LogP contribution < -0.4 is 0 Å². The van der Waals surface area contributed by atoms with Crippen molar-refractivity contribution in [3.05, 3.63) is 65.4 Å². The number of carboxylic acid groups (broad SMARTS) is 1. The SMILES string of the molecule is CC(C)c1nc2cc(C(=O)O)ccc2n1C1=C=CC=C(OC(F)(F)F)C=C1. The van der Waals surface area contributed by atoms with E-state index in [0.717, 1.165) is 6.08 Å². The Morgan fingerprint density at radius 2 is 2.04 bits per heavy atom. The van der Waals surface area contributed by atoms with Gasteiger partial charge in [-0.05, 0) is 42.5 Å². The molecular weight excluding hydrogens is 361 g/mol. The zero-order chi connectivity index (χ0) is 19.8. The van der Waals surface area contributed by atoms with E-state index >= 15 is 0 Å². The van der Waals surface area contributed by atoms with E-state index < -0.39 is 12.3 Å². The molecule has 0 fully saturated rings. The fourth-order valence-electron chi connectivity index (χ4n) is 2.69. The van der Waals surface area contributed by atoms with Crippen LogP contribution in [0.5, 0.6) is 0 Å². The number of alkyl halides is 3. The maximum atomic E-state index is 12.4. The van der Waals surface area contributed by atoms with Crippen molar-refractivity contribution in [1.82, 2.24) is 9.55 Å². The van der Waals surface area contributed by atoms with E-state index in [4.69, 9.17) is 5.11 Å². The minimum Gasteiger partial charge on any atom is -0.478 e. The van der Waals surface area contributed by atoms with Gasteiger partial charge in [-0.2, -0.15) is 0 Å². The first-order valence-corrected chi connectivity index (χ1v) is 8.02. The molecular formula is C19H15F3N2O3. The molecule has 0 aliphatic heterocycles. The summed E-state index contributed by atoms with van der Waals surface area (Å²) >= 11 is 0. The number of aromatic nitrogens is 2. The van der Waals surface area contributed by atoms with Gasteiger partial charge in [0.1, 0.15) is 11.6 Å². The molecule has 1 N–H and O–H groups in total. The Kier molecular flexibility index (Phi) is 4.68. The molecule has 1 heterocycles. The lowest BCUT2D eigenvalue weighted by atomic mass is 10.2. The van der Waals surface area contributed by atoms with Crippen molar-refractivity contribution >= 4 is 22.7 Å². The summed E-state index contributed by atoms with van der Waals surface area (Å²) in [5.41, 5.74) is 4.58. The first-order valence-electron chi connectivity index (χ1n) is 8.02. The van der Waals surface area contributed by atoms with E-state index in [1.807, 2.05) is 13.8 Å². The van der Waals surface area contributed by atoms with Crippen LogP contribution >= 0.6 is 0 Å². The van der Waals surface area contributed by atoms with E-state index in [0.29, 0.717) is 22.6 Å². The number of imidazole rings is 1. The molecule has 8 heteroatoms. The first-order chi connectivity index (χ1) is 12.7. The van der Waals surface area contributed by atoms with Crippen LogP contribution in [0.25, 0.3) is 16.7 Å². The molecule has 3 rings (SSSR count). The summed E-state index contributed by atoms with van der Waals surface area (Å²) in [6, 6.07) is 4.53. The molecule has 0 saturated heterocycles. The van der Waals surface area contributed by atoms with Crippen LogP contribution in [-0.4, -0.2) is 27.0 Å². The number of nitrogens with zero attached hydrogens (tertiary/aromatic N) is 2. The van der Waals surface area contributed by atoms with E-state index in [1.54, 1.807) is 10.6 Å². The van der Waals surface area contributed by atoms with Crippen molar-refractivity contribution in [2.45, 2.75) is 26.1 Å². The molecule has 27 heavy (non-hydrogen) atoms. The van der Waals surface area contributed by atoms with Gasteiger partial charge in [0.25, 0.3) is 0 Å². The lowest BCUT2D eigenvalue weighted by Crippen LogP contribution is -2.12. The highest BCUT2D eigenvalue weighted by molar-refractivity contribution is 5.93. The van der Waals surface area contributed by atoms with Gasteiger partial charge in [-0.15, -0.1) is 13.2 Å². The van der Waals surface area contributed by atoms with Gasteiger partial charge in [-0.3, -0.25) is 4.57 Å². The smallest absolute Gasteiger partial charge is 0.478 e. The molecule has 5 nitrogen and oxygen atoms in total. The highest BCUT2D eigenvalue weighted by Gasteiger charge is 2.31. The highest BCUT2D eigenvalue weighted by Crippen LogP contribution is 2.28. The molecule has 2 aromatic rings. The zero-order valence-corrected chi connectivity index (χ0v) is 14.4. The fraction of sp³-hybridized carbons (Fsp3) is 0.211. The molecule has 0 atom stereocenters. The van der Waals surface area contributed by atoms with Crippen LogP contribution in [-0.2, 0) is 4.74 Å². The molecule has 0 radical (unpaired) electrons. The van der Waals surface area contributed by atoms with Gasteiger partial charge >= 0.3 is 12.3 Å². The number of carboxylic acids is 1. The summed E-state index contributed by atoms with van der Waals surface area (Å²) in [7, 11) is 0. The number of allylic oxidation sites excluding steroid dienone is 4. The van der Waals surface area contributed by atoms with Crippen LogP contribution in [0.2, 0.25) is 0 Å². The van der Waals surface area contributed by atoms with Crippen molar-refractivity contribution in [2.24, 2.45) is 0 Å². The van der Waals surface area contributed by atoms with Crippen LogP contribution in [0.1, 0.15) is 35.9 Å². The number of hydrogen-bond acceptors (Lipinski definition) is 3. The molecule has 1 aromatic heterocycles. The summed E-state index contributed by atoms with van der Waals surface area (Å²) in [6.45, 7) is 3.83. The fourth-order valence-corrected chi connectivity index (χ4v) is 2.69. The van der Waals surface area contributed by atoms with Crippen molar-refractivity contribution in [1.29, 1.82) is 0 Å². The molecule has 140 valence electrons. The van der Waals surface area contributed by atoms with Gasteiger partial charge in [0.05, 0.1) is 22.3 Å². The van der Waals surface area contributed by atoms with Gasteiger partial charge in [0.15, 0.2) is 0 Å². The Balaban J connectivity index is 2.09. The number of carbonyl (C=O) groups is 1. The molecule has 0 bridgehead atoms. The number of rotatable bonds is 4. The van der Waals surface area contributed by atoms with Crippen LogP contribution in [0.4, 0.5) is 13.2 Å². The van der Waals surface area contributed by atoms with Crippen molar-refractivity contribution < 1.29 is 27.8 Å². The number of hydrogen-bond donors (Lipinski definition) is 1. The third-order valence-electron chi connectivity index (χ3n) is 3.80. The minimum absolute atomic E-state index is 0.0181. The highest BCUT2D eigenvalue weighted by atomic mass is 19.4. The van der Waals surface area contributed by atoms with Crippen molar-refractivity contribution in [3.63, 3.8) is 0 Å². The second-order valence-corrected chi connectivity index (χ2v) is 6.12. The van der Waals surface area contributed by atoms with Gasteiger partial charge < -0.3 is 9.84 Å². The Labute approximate surface area is 152 Å². The van der Waals surface area contributed by atoms with Crippen molar-refractivity contribution in [2.75, 3.05) is 0 Å². The Bertz CT molecular complexity index is 1040. The summed E-state index contributed by atoms with van der Waals surface area (Å²) in [6.07, 6.45) is 0.345. The quantitative estimate of drug-likeness (QED) is 0.776. The predicted octanol–water partition coefficient (Wildman–Crippen LogP) is 4.84. The summed E-state index contributed by atoms with van der Waals surface area (Å²) in [5.74, 6) is -0.818. The van der Waals surface area contributed by atoms with E-state index in [-0.39, 0.29) is 17.2 Å². The summed E-state index contributed by atoms with van der Waals surface area (Å²) in [5, 5.41) is 9.16. The normalized spacial score (nSPS) is 14.3. The lowest BCUT2D eigenvalue weighted by Gasteiger charge is -2.11. The Morgan fingerprint density at radius 1 is 1.30 bits per heavy atom. The third-order valence-corrected chi connectivity index (χ3v) is 3.80. The monoisotopic (exact) mass is 376 g/mol. The lowest BCUT2D eigenvalue weighted by molar-refractivity contribution is -0.303. The number of benzene rings is 1. The summed E-state index contributed by atoms with van der Waals surface area (Å²) < 4.78 is 42.9. The van der Waals surface area contributed by atoms with E-state index in [9.17, 15) is 18.0 Å². The number of aromatic carboxylic acids is 1. The first kappa shape index (κ1) is 18.5. The molecule has 1 aliphatic rings. The van der Waals surface area contributed by atoms with Crippen LogP contribution in [0, 0.1) is 0 Å². The standard InChI is InChI=1S/C19H15F3N2O3/c1-11(2)17-23-15-10-12(18(25)26)6-9-16(15)24(17)13-4-3-5-14(8-7-13)27-19(20,21)22/h3,5-11H,1-2H3,(H,25,26).